The van der Waals surface area contributed by atoms with E-state index in [1.807, 2.05) is 22.7 Å². The van der Waals surface area contributed by atoms with Gasteiger partial charge in [-0.15, -0.1) is 0 Å². The van der Waals surface area contributed by atoms with E-state index in [0.717, 1.165) is 15.7 Å². The summed E-state index contributed by atoms with van der Waals surface area (Å²) in [4.78, 5) is 19.7. The number of hydrogen-bond donors (Lipinski definition) is 1. The fraction of sp³-hybridized carbons (Fsp3) is 0. The minimum atomic E-state index is -0.548. The number of carbonyl (C=O) groups excluding carboxylic acids is 1. The van der Waals surface area contributed by atoms with Crippen LogP contribution >= 0.6 is 15.9 Å². The molecule has 1 amide bonds. The Morgan fingerprint density at radius 3 is 2.89 bits per heavy atom. The number of rotatable bonds is 2. The lowest BCUT2D eigenvalue weighted by atomic mass is 10.2. The summed E-state index contributed by atoms with van der Waals surface area (Å²) in [5.41, 5.74) is 7.73. The number of hydrogen-bond acceptors (Lipinski definition) is 3. The van der Waals surface area contributed by atoms with Gasteiger partial charge in [0.2, 0.25) is 0 Å². The monoisotopic (exact) mass is 316 g/mol. The van der Waals surface area contributed by atoms with Crippen LogP contribution in [0.2, 0.25) is 0 Å². The lowest BCUT2D eigenvalue weighted by Gasteiger charge is -2.01. The molecular weight excluding hydrogens is 308 g/mol. The summed E-state index contributed by atoms with van der Waals surface area (Å²) < 4.78 is 2.85. The van der Waals surface area contributed by atoms with Gasteiger partial charge in [-0.3, -0.25) is 4.79 Å². The Hall–Kier alpha value is -2.21. The number of pyridine rings is 2. The highest BCUT2D eigenvalue weighted by molar-refractivity contribution is 9.10. The summed E-state index contributed by atoms with van der Waals surface area (Å²) in [6, 6.07) is 8.99. The van der Waals surface area contributed by atoms with Crippen LogP contribution in [0, 0.1) is 0 Å². The van der Waals surface area contributed by atoms with Crippen LogP contribution < -0.4 is 5.73 Å². The molecule has 0 fully saturated rings. The number of carbonyl (C=O) groups is 1. The first kappa shape index (κ1) is 11.9. The highest BCUT2D eigenvalue weighted by Crippen LogP contribution is 2.23. The minimum Gasteiger partial charge on any atom is -0.364 e. The topological polar surface area (TPSA) is 73.3 Å². The van der Waals surface area contributed by atoms with Crippen molar-refractivity contribution in [3.63, 3.8) is 0 Å². The third-order valence-electron chi connectivity index (χ3n) is 2.74. The van der Waals surface area contributed by atoms with Crippen molar-refractivity contribution in [2.24, 2.45) is 5.73 Å². The number of halogens is 1. The van der Waals surface area contributed by atoms with E-state index in [4.69, 9.17) is 5.73 Å². The maximum Gasteiger partial charge on any atom is 0.267 e. The van der Waals surface area contributed by atoms with E-state index >= 15 is 0 Å². The normalized spacial score (nSPS) is 10.8. The van der Waals surface area contributed by atoms with Gasteiger partial charge in [0.15, 0.2) is 0 Å². The minimum absolute atomic E-state index is 0.232. The molecule has 6 heteroatoms. The fourth-order valence-corrected chi connectivity index (χ4v) is 2.23. The molecule has 3 heterocycles. The van der Waals surface area contributed by atoms with Gasteiger partial charge in [-0.05, 0) is 40.2 Å². The van der Waals surface area contributed by atoms with Crippen molar-refractivity contribution in [3.05, 3.63) is 53.0 Å². The van der Waals surface area contributed by atoms with E-state index in [1.54, 1.807) is 24.5 Å². The molecule has 0 aliphatic heterocycles. The molecule has 0 radical (unpaired) electrons. The average Bonchev–Trinajstić information content (AvgIpc) is 2.81. The zero-order valence-corrected chi connectivity index (χ0v) is 11.3. The van der Waals surface area contributed by atoms with Crippen LogP contribution in [0.1, 0.15) is 10.5 Å². The smallest absolute Gasteiger partial charge is 0.267 e. The summed E-state index contributed by atoms with van der Waals surface area (Å²) in [7, 11) is 0. The largest absolute Gasteiger partial charge is 0.364 e. The predicted octanol–water partition coefficient (Wildman–Crippen LogP) is 2.26. The quantitative estimate of drug-likeness (QED) is 0.788. The van der Waals surface area contributed by atoms with Gasteiger partial charge < -0.3 is 10.1 Å². The first-order valence-corrected chi connectivity index (χ1v) is 6.34. The third kappa shape index (κ3) is 2.10. The van der Waals surface area contributed by atoms with Crippen LogP contribution in [0.15, 0.2) is 47.3 Å². The van der Waals surface area contributed by atoms with E-state index in [2.05, 4.69) is 25.9 Å². The molecule has 19 heavy (non-hydrogen) atoms. The Balaban J connectivity index is 2.19. The molecular formula is C13H9BrN4O. The summed E-state index contributed by atoms with van der Waals surface area (Å²) in [6.45, 7) is 0. The lowest BCUT2D eigenvalue weighted by Crippen LogP contribution is -2.13. The number of nitrogens with two attached hydrogens (primary N) is 1. The molecule has 2 N–H and O–H groups in total. The Morgan fingerprint density at radius 1 is 1.26 bits per heavy atom. The van der Waals surface area contributed by atoms with Gasteiger partial charge in [0.25, 0.3) is 5.91 Å². The number of nitrogens with zero attached hydrogens (tertiary/aromatic N) is 3. The second kappa shape index (κ2) is 4.47. The Bertz CT molecular complexity index is 781. The molecule has 3 aromatic rings. The first-order valence-electron chi connectivity index (χ1n) is 5.54. The summed E-state index contributed by atoms with van der Waals surface area (Å²) >= 11 is 3.40. The molecule has 0 saturated heterocycles. The lowest BCUT2D eigenvalue weighted by molar-refractivity contribution is 0.0995. The molecule has 0 atom stereocenters. The van der Waals surface area contributed by atoms with Gasteiger partial charge in [-0.25, -0.2) is 9.97 Å². The number of fused-ring (bicyclic) bond motifs is 1. The third-order valence-corrected chi connectivity index (χ3v) is 3.21. The molecule has 3 aromatic heterocycles. The van der Waals surface area contributed by atoms with Crippen molar-refractivity contribution in [2.75, 3.05) is 0 Å². The van der Waals surface area contributed by atoms with E-state index in [-0.39, 0.29) is 5.69 Å². The maximum atomic E-state index is 11.2. The summed E-state index contributed by atoms with van der Waals surface area (Å²) in [6.07, 6.45) is 3.61. The second-order valence-corrected chi connectivity index (χ2v) is 4.92. The van der Waals surface area contributed by atoms with Gasteiger partial charge >= 0.3 is 0 Å². The summed E-state index contributed by atoms with van der Waals surface area (Å²) in [5, 5.41) is 0. The number of amides is 1. The standard InChI is InChI=1S/C13H9BrN4O/c14-8-4-5-11-12(16-7-18(11)6-8)9-2-1-3-10(17-9)13(15)19/h1-7H,(H2,15,19). The van der Waals surface area contributed by atoms with E-state index in [0.29, 0.717) is 5.69 Å². The maximum absolute atomic E-state index is 11.2. The molecule has 5 nitrogen and oxygen atoms in total. The number of primary amides is 1. The average molecular weight is 317 g/mol. The molecule has 0 bridgehead atoms. The van der Waals surface area contributed by atoms with Gasteiger partial charge in [0, 0.05) is 10.7 Å². The molecule has 0 unspecified atom stereocenters. The van der Waals surface area contributed by atoms with Crippen molar-refractivity contribution in [1.29, 1.82) is 0 Å². The van der Waals surface area contributed by atoms with Crippen LogP contribution in [-0.2, 0) is 0 Å². The van der Waals surface area contributed by atoms with E-state index in [9.17, 15) is 4.79 Å². The van der Waals surface area contributed by atoms with Crippen molar-refractivity contribution in [3.8, 4) is 11.4 Å². The van der Waals surface area contributed by atoms with Crippen LogP contribution in [-0.4, -0.2) is 20.3 Å². The van der Waals surface area contributed by atoms with Gasteiger partial charge in [0.05, 0.1) is 11.2 Å². The van der Waals surface area contributed by atoms with E-state index in [1.165, 1.54) is 0 Å². The number of aromatic nitrogens is 3. The van der Waals surface area contributed by atoms with E-state index < -0.39 is 5.91 Å². The molecule has 3 rings (SSSR count). The fourth-order valence-electron chi connectivity index (χ4n) is 1.87. The zero-order chi connectivity index (χ0) is 13.4. The molecule has 0 aliphatic rings. The molecule has 0 aliphatic carbocycles. The molecule has 0 aromatic carbocycles. The van der Waals surface area contributed by atoms with Crippen LogP contribution in [0.3, 0.4) is 0 Å². The van der Waals surface area contributed by atoms with Crippen molar-refractivity contribution in [1.82, 2.24) is 14.4 Å². The first-order chi connectivity index (χ1) is 9.15. The van der Waals surface area contributed by atoms with Crippen LogP contribution in [0.4, 0.5) is 0 Å². The van der Waals surface area contributed by atoms with Gasteiger partial charge in [-0.2, -0.15) is 0 Å². The molecule has 0 saturated carbocycles. The van der Waals surface area contributed by atoms with Crippen LogP contribution in [0.5, 0.6) is 0 Å². The van der Waals surface area contributed by atoms with Crippen molar-refractivity contribution < 1.29 is 4.79 Å². The van der Waals surface area contributed by atoms with Crippen LogP contribution in [0.25, 0.3) is 16.9 Å². The number of imidazole rings is 1. The molecule has 94 valence electrons. The van der Waals surface area contributed by atoms with Gasteiger partial charge in [-0.1, -0.05) is 6.07 Å². The zero-order valence-electron chi connectivity index (χ0n) is 9.75. The van der Waals surface area contributed by atoms with Crippen molar-refractivity contribution >= 4 is 27.4 Å². The highest BCUT2D eigenvalue weighted by atomic mass is 79.9. The predicted molar refractivity (Wildman–Crippen MR) is 74.6 cm³/mol. The molecule has 0 spiro atoms. The van der Waals surface area contributed by atoms with Crippen molar-refractivity contribution in [2.45, 2.75) is 0 Å². The Labute approximate surface area is 117 Å². The SMILES string of the molecule is NC(=O)c1cccc(-c2ncn3cc(Br)ccc23)n1. The summed E-state index contributed by atoms with van der Waals surface area (Å²) in [5.74, 6) is -0.548. The highest BCUT2D eigenvalue weighted by Gasteiger charge is 2.10. The Kier molecular flexibility index (Phi) is 2.79. The van der Waals surface area contributed by atoms with Gasteiger partial charge in [0.1, 0.15) is 17.7 Å². The second-order valence-electron chi connectivity index (χ2n) is 4.01. The Morgan fingerprint density at radius 2 is 2.11 bits per heavy atom.